The van der Waals surface area contributed by atoms with Crippen LogP contribution in [0.4, 0.5) is 11.6 Å². The second-order valence-electron chi connectivity index (χ2n) is 3.93. The van der Waals surface area contributed by atoms with Gasteiger partial charge in [-0.15, -0.1) is 0 Å². The van der Waals surface area contributed by atoms with E-state index in [1.165, 1.54) is 0 Å². The average Bonchev–Trinajstić information content (AvgIpc) is 2.43. The van der Waals surface area contributed by atoms with Crippen molar-refractivity contribution in [2.45, 2.75) is 19.6 Å². The minimum Gasteiger partial charge on any atom is -0.389 e. The summed E-state index contributed by atoms with van der Waals surface area (Å²) in [6.45, 7) is 3.54. The van der Waals surface area contributed by atoms with Gasteiger partial charge >= 0.3 is 0 Å². The summed E-state index contributed by atoms with van der Waals surface area (Å²) in [5.74, 6) is 1.94. The van der Waals surface area contributed by atoms with Crippen molar-refractivity contribution >= 4 is 11.6 Å². The van der Waals surface area contributed by atoms with Crippen LogP contribution >= 0.6 is 0 Å². The van der Waals surface area contributed by atoms with Crippen LogP contribution < -0.4 is 10.6 Å². The van der Waals surface area contributed by atoms with Crippen molar-refractivity contribution in [3.05, 3.63) is 11.9 Å². The summed E-state index contributed by atoms with van der Waals surface area (Å²) in [4.78, 5) is 8.59. The number of ether oxygens (including phenoxy) is 2. The van der Waals surface area contributed by atoms with Crippen LogP contribution in [0.1, 0.15) is 12.7 Å². The van der Waals surface area contributed by atoms with Gasteiger partial charge in [0.25, 0.3) is 0 Å². The number of anilines is 2. The minimum atomic E-state index is -0.576. The lowest BCUT2D eigenvalue weighted by molar-refractivity contribution is 0.0727. The van der Waals surface area contributed by atoms with E-state index in [-0.39, 0.29) is 6.61 Å². The average molecular weight is 270 g/mol. The third-order valence-corrected chi connectivity index (χ3v) is 2.34. The van der Waals surface area contributed by atoms with Crippen LogP contribution in [0.2, 0.25) is 0 Å². The first-order valence-corrected chi connectivity index (χ1v) is 6.23. The summed E-state index contributed by atoms with van der Waals surface area (Å²) in [6, 6.07) is 1.77. The van der Waals surface area contributed by atoms with Gasteiger partial charge in [-0.05, 0) is 6.92 Å². The molecule has 0 amide bonds. The molecule has 1 atom stereocenters. The number of aliphatic hydroxyl groups is 1. The molecule has 7 heteroatoms. The summed E-state index contributed by atoms with van der Waals surface area (Å²) in [6.07, 6.45) is -0.576. The van der Waals surface area contributed by atoms with Gasteiger partial charge in [-0.25, -0.2) is 9.97 Å². The maximum Gasteiger partial charge on any atom is 0.158 e. The van der Waals surface area contributed by atoms with Gasteiger partial charge in [0.15, 0.2) is 5.82 Å². The van der Waals surface area contributed by atoms with Crippen LogP contribution in [0.3, 0.4) is 0 Å². The molecule has 0 aliphatic carbocycles. The first-order valence-electron chi connectivity index (χ1n) is 6.23. The molecular weight excluding hydrogens is 248 g/mol. The van der Waals surface area contributed by atoms with Gasteiger partial charge in [0.2, 0.25) is 0 Å². The number of rotatable bonds is 9. The Morgan fingerprint density at radius 2 is 2.11 bits per heavy atom. The molecule has 1 heterocycles. The number of hydrogen-bond donors (Lipinski definition) is 3. The molecule has 0 radical (unpaired) electrons. The van der Waals surface area contributed by atoms with Crippen LogP contribution in [0.25, 0.3) is 0 Å². The van der Waals surface area contributed by atoms with E-state index < -0.39 is 6.10 Å². The number of nitrogens with one attached hydrogen (secondary N) is 2. The predicted octanol–water partition coefficient (Wildman–Crippen LogP) is 0.474. The molecule has 0 saturated heterocycles. The van der Waals surface area contributed by atoms with Crippen LogP contribution in [0.5, 0.6) is 0 Å². The Morgan fingerprint density at radius 3 is 2.74 bits per heavy atom. The Balaban J connectivity index is 2.65. The molecule has 1 aromatic rings. The molecule has 0 aliphatic heterocycles. The summed E-state index contributed by atoms with van der Waals surface area (Å²) < 4.78 is 10.1. The number of methoxy groups -OCH3 is 1. The summed E-state index contributed by atoms with van der Waals surface area (Å²) in [5, 5.41) is 15.6. The lowest BCUT2D eigenvalue weighted by Gasteiger charge is -2.13. The van der Waals surface area contributed by atoms with Crippen molar-refractivity contribution in [2.24, 2.45) is 0 Å². The number of aliphatic hydroxyl groups excluding tert-OH is 1. The Bertz CT molecular complexity index is 376. The smallest absolute Gasteiger partial charge is 0.158 e. The van der Waals surface area contributed by atoms with Crippen molar-refractivity contribution < 1.29 is 14.6 Å². The molecule has 0 aromatic carbocycles. The molecule has 3 N–H and O–H groups in total. The zero-order valence-corrected chi connectivity index (χ0v) is 11.6. The van der Waals surface area contributed by atoms with Crippen molar-refractivity contribution in [1.29, 1.82) is 0 Å². The molecule has 19 heavy (non-hydrogen) atoms. The fourth-order valence-electron chi connectivity index (χ4n) is 1.45. The van der Waals surface area contributed by atoms with Crippen molar-refractivity contribution in [1.82, 2.24) is 9.97 Å². The molecule has 0 aliphatic rings. The summed E-state index contributed by atoms with van der Waals surface area (Å²) in [5.41, 5.74) is 0. The molecule has 7 nitrogen and oxygen atoms in total. The zero-order valence-electron chi connectivity index (χ0n) is 11.6. The van der Waals surface area contributed by atoms with Crippen molar-refractivity contribution in [2.75, 3.05) is 44.5 Å². The van der Waals surface area contributed by atoms with E-state index in [1.54, 1.807) is 20.2 Å². The van der Waals surface area contributed by atoms with E-state index in [9.17, 15) is 5.11 Å². The zero-order chi connectivity index (χ0) is 14.1. The highest BCUT2D eigenvalue weighted by atomic mass is 16.5. The monoisotopic (exact) mass is 270 g/mol. The Kier molecular flexibility index (Phi) is 7.09. The van der Waals surface area contributed by atoms with E-state index in [4.69, 9.17) is 9.47 Å². The third-order valence-electron chi connectivity index (χ3n) is 2.34. The van der Waals surface area contributed by atoms with Gasteiger partial charge in [-0.3, -0.25) is 0 Å². The Labute approximate surface area is 113 Å². The number of nitrogens with zero attached hydrogens (tertiary/aromatic N) is 2. The molecule has 0 saturated carbocycles. The topological polar surface area (TPSA) is 88.5 Å². The normalized spacial score (nSPS) is 12.2. The second-order valence-corrected chi connectivity index (χ2v) is 3.93. The summed E-state index contributed by atoms with van der Waals surface area (Å²) >= 11 is 0. The van der Waals surface area contributed by atoms with Crippen LogP contribution in [-0.4, -0.2) is 55.1 Å². The molecule has 1 aromatic heterocycles. The first-order chi connectivity index (χ1) is 9.19. The fraction of sp³-hybridized carbons (Fsp3) is 0.667. The highest BCUT2D eigenvalue weighted by Gasteiger charge is 2.07. The predicted molar refractivity (Wildman–Crippen MR) is 73.3 cm³/mol. The maximum absolute atomic E-state index is 9.58. The molecule has 108 valence electrons. The van der Waals surface area contributed by atoms with Crippen LogP contribution in [0, 0.1) is 0 Å². The standard InChI is InChI=1S/C12H22N4O3/c1-4-19-8-12-15-10(13-2)5-11(16-12)14-6-9(17)7-18-3/h5,9,17H,4,6-8H2,1-3H3,(H2,13,14,15,16). The molecule has 0 spiro atoms. The first kappa shape index (κ1) is 15.6. The van der Waals surface area contributed by atoms with Gasteiger partial charge in [0.1, 0.15) is 18.2 Å². The fourth-order valence-corrected chi connectivity index (χ4v) is 1.45. The van der Waals surface area contributed by atoms with Gasteiger partial charge in [0, 0.05) is 33.4 Å². The van der Waals surface area contributed by atoms with Crippen molar-refractivity contribution in [3.8, 4) is 0 Å². The lowest BCUT2D eigenvalue weighted by Crippen LogP contribution is -2.24. The maximum atomic E-state index is 9.58. The van der Waals surface area contributed by atoms with Crippen molar-refractivity contribution in [3.63, 3.8) is 0 Å². The van der Waals surface area contributed by atoms with Gasteiger partial charge < -0.3 is 25.2 Å². The van der Waals surface area contributed by atoms with E-state index in [1.807, 2.05) is 6.92 Å². The largest absolute Gasteiger partial charge is 0.389 e. The number of hydrogen-bond acceptors (Lipinski definition) is 7. The van der Waals surface area contributed by atoms with E-state index >= 15 is 0 Å². The highest BCUT2D eigenvalue weighted by Crippen LogP contribution is 2.11. The number of aromatic nitrogens is 2. The van der Waals surface area contributed by atoms with E-state index in [0.29, 0.717) is 37.2 Å². The minimum absolute atomic E-state index is 0.281. The molecule has 1 rings (SSSR count). The van der Waals surface area contributed by atoms with Gasteiger partial charge in [0.05, 0.1) is 12.7 Å². The summed E-state index contributed by atoms with van der Waals surface area (Å²) in [7, 11) is 3.34. The van der Waals surface area contributed by atoms with Crippen LogP contribution in [0.15, 0.2) is 6.07 Å². The third kappa shape index (κ3) is 5.82. The van der Waals surface area contributed by atoms with E-state index in [0.717, 1.165) is 0 Å². The van der Waals surface area contributed by atoms with Gasteiger partial charge in [-0.2, -0.15) is 0 Å². The lowest BCUT2D eigenvalue weighted by atomic mass is 10.3. The second kappa shape index (κ2) is 8.63. The van der Waals surface area contributed by atoms with Gasteiger partial charge in [-0.1, -0.05) is 0 Å². The molecular formula is C12H22N4O3. The van der Waals surface area contributed by atoms with Crippen LogP contribution in [-0.2, 0) is 16.1 Å². The molecule has 0 fully saturated rings. The molecule has 0 bridgehead atoms. The quantitative estimate of drug-likeness (QED) is 0.601. The highest BCUT2D eigenvalue weighted by molar-refractivity contribution is 5.47. The SMILES string of the molecule is CCOCc1nc(NC)cc(NCC(O)COC)n1. The Hall–Kier alpha value is -1.44. The Morgan fingerprint density at radius 1 is 1.37 bits per heavy atom. The van der Waals surface area contributed by atoms with E-state index in [2.05, 4.69) is 20.6 Å². The molecule has 1 unspecified atom stereocenters.